The van der Waals surface area contributed by atoms with Crippen LogP contribution in [0.15, 0.2) is 67.0 Å². The Morgan fingerprint density at radius 3 is 2.07 bits per heavy atom. The third kappa shape index (κ3) is 5.37. The molecule has 3 fully saturated rings. The summed E-state index contributed by atoms with van der Waals surface area (Å²) < 4.78 is 18.3. The molecule has 4 unspecified atom stereocenters. The molecule has 2 aromatic heterocycles. The van der Waals surface area contributed by atoms with E-state index in [1.165, 1.54) is 91.4 Å². The maximum atomic E-state index is 6.50. The van der Waals surface area contributed by atoms with E-state index in [1.54, 1.807) is 22.3 Å². The lowest BCUT2D eigenvalue weighted by molar-refractivity contribution is -0.765. The molecule has 2 aromatic carbocycles. The van der Waals surface area contributed by atoms with E-state index in [0.29, 0.717) is 11.8 Å². The Hall–Kier alpha value is -3.28. The van der Waals surface area contributed by atoms with E-state index in [4.69, 9.17) is 9.31 Å². The Bertz CT molecular complexity index is 2110. The second kappa shape index (κ2) is 13.2. The van der Waals surface area contributed by atoms with E-state index in [9.17, 15) is 0 Å². The summed E-state index contributed by atoms with van der Waals surface area (Å²) in [6.45, 7) is 14.7. The van der Waals surface area contributed by atoms with Crippen molar-refractivity contribution in [2.24, 2.45) is 0 Å². The van der Waals surface area contributed by atoms with E-state index in [-0.39, 0.29) is 24.4 Å². The number of hydrogen-bond donors (Lipinski definition) is 0. The Morgan fingerprint density at radius 2 is 1.39 bits per heavy atom. The molecule has 0 N–H and O–H groups in total. The Balaban J connectivity index is 1.09. The molecule has 1 saturated heterocycles. The van der Waals surface area contributed by atoms with Gasteiger partial charge in [0, 0.05) is 54.2 Å². The summed E-state index contributed by atoms with van der Waals surface area (Å²) in [6, 6.07) is 21.9. The van der Waals surface area contributed by atoms with Gasteiger partial charge in [0.1, 0.15) is 6.54 Å². The molecular weight excluding hydrogens is 659 g/mol. The average molecular weight is 721 g/mol. The van der Waals surface area contributed by atoms with Crippen molar-refractivity contribution in [2.45, 2.75) is 172 Å². The number of aryl methyl sites for hydroxylation is 2. The van der Waals surface area contributed by atoms with E-state index in [0.717, 1.165) is 49.0 Å². The van der Waals surface area contributed by atoms with Gasteiger partial charge in [-0.1, -0.05) is 38.5 Å². The van der Waals surface area contributed by atoms with Crippen molar-refractivity contribution < 1.29 is 18.4 Å². The van der Waals surface area contributed by atoms with E-state index < -0.39 is 0 Å². The van der Waals surface area contributed by atoms with Crippen molar-refractivity contribution in [1.29, 1.82) is 0 Å². The van der Waals surface area contributed by atoms with E-state index in [1.807, 2.05) is 0 Å². The van der Waals surface area contributed by atoms with Crippen LogP contribution in [-0.2, 0) is 21.4 Å². The molecule has 2 aliphatic heterocycles. The van der Waals surface area contributed by atoms with Gasteiger partial charge in [-0.15, -0.1) is 0 Å². The predicted octanol–water partition coefficient (Wildman–Crippen LogP) is 10.4. The van der Waals surface area contributed by atoms with Crippen LogP contribution in [0.25, 0.3) is 22.5 Å². The van der Waals surface area contributed by atoms with Crippen molar-refractivity contribution in [2.75, 3.05) is 0 Å². The smallest absolute Gasteiger partial charge is 0.402 e. The van der Waals surface area contributed by atoms with Crippen LogP contribution in [0.3, 0.4) is 0 Å². The van der Waals surface area contributed by atoms with Crippen LogP contribution in [0.1, 0.15) is 175 Å². The third-order valence-electron chi connectivity index (χ3n) is 16.0. The Kier molecular flexibility index (Phi) is 8.57. The lowest BCUT2D eigenvalue weighted by Gasteiger charge is -2.40. The zero-order valence-corrected chi connectivity index (χ0v) is 33.8. The monoisotopic (exact) mass is 720 g/mol. The zero-order valence-electron chi connectivity index (χ0n) is 33.8. The molecule has 5 heteroatoms. The fraction of sp³-hybridized carbons (Fsp3) is 0.551. The molecule has 4 heterocycles. The fourth-order valence-corrected chi connectivity index (χ4v) is 12.5. The maximum absolute atomic E-state index is 6.50. The molecule has 280 valence electrons. The van der Waals surface area contributed by atoms with Gasteiger partial charge in [0.25, 0.3) is 0 Å². The first kappa shape index (κ1) is 35.2. The fourth-order valence-electron chi connectivity index (χ4n) is 12.5. The normalized spacial score (nSPS) is 28.3. The summed E-state index contributed by atoms with van der Waals surface area (Å²) in [6.07, 6.45) is 20.7. The predicted molar refractivity (Wildman–Crippen MR) is 218 cm³/mol. The highest BCUT2D eigenvalue weighted by Gasteiger charge is 2.52. The van der Waals surface area contributed by atoms with Crippen LogP contribution in [0.5, 0.6) is 0 Å². The van der Waals surface area contributed by atoms with Crippen molar-refractivity contribution in [1.82, 2.24) is 0 Å². The lowest BCUT2D eigenvalue weighted by atomic mass is 9.66. The van der Waals surface area contributed by atoms with Gasteiger partial charge >= 0.3 is 7.12 Å². The van der Waals surface area contributed by atoms with Crippen LogP contribution < -0.4 is 14.6 Å². The molecule has 4 aromatic rings. The van der Waals surface area contributed by atoms with Crippen LogP contribution >= 0.6 is 0 Å². The van der Waals surface area contributed by atoms with Crippen molar-refractivity contribution in [3.8, 4) is 22.5 Å². The van der Waals surface area contributed by atoms with Crippen molar-refractivity contribution in [3.63, 3.8) is 0 Å². The molecule has 54 heavy (non-hydrogen) atoms. The van der Waals surface area contributed by atoms with Gasteiger partial charge in [0.05, 0.1) is 17.6 Å². The summed E-state index contributed by atoms with van der Waals surface area (Å²) in [5.41, 5.74) is 16.1. The molecular formula is C49H61BN2O2+2. The minimum atomic E-state index is -0.344. The average Bonchev–Trinajstić information content (AvgIpc) is 3.35. The number of aromatic nitrogens is 2. The summed E-state index contributed by atoms with van der Waals surface area (Å²) in [5, 5.41) is 0. The number of rotatable bonds is 7. The molecule has 0 radical (unpaired) electrons. The SMILES string of the molecule is CCC1(CC)C(CC[n+]2cc3c(cc2-c2cc4c(cc2C)C2CCC4CC2)C2CCCC3CC2)c2ccc(B3OC(C)C(C)(C)O3)cc2-c2cccc[n+]21. The maximum Gasteiger partial charge on any atom is 0.494 e. The van der Waals surface area contributed by atoms with E-state index in [2.05, 4.69) is 118 Å². The summed E-state index contributed by atoms with van der Waals surface area (Å²) >= 11 is 0. The van der Waals surface area contributed by atoms with Gasteiger partial charge in [-0.2, -0.15) is 9.13 Å². The van der Waals surface area contributed by atoms with E-state index >= 15 is 0 Å². The molecule has 0 amide bonds. The largest absolute Gasteiger partial charge is 0.494 e. The second-order valence-corrected chi connectivity index (χ2v) is 18.8. The second-order valence-electron chi connectivity index (χ2n) is 18.8. The number of benzene rings is 2. The topological polar surface area (TPSA) is 26.2 Å². The molecule has 4 atom stereocenters. The zero-order chi connectivity index (χ0) is 36.9. The molecule has 12 rings (SSSR count). The molecule has 0 spiro atoms. The molecule has 4 nitrogen and oxygen atoms in total. The van der Waals surface area contributed by atoms with Crippen LogP contribution in [-0.4, -0.2) is 18.8 Å². The number of nitrogens with zero attached hydrogens (tertiary/aromatic N) is 2. The highest BCUT2D eigenvalue weighted by molar-refractivity contribution is 6.62. The third-order valence-corrected chi connectivity index (χ3v) is 16.0. The van der Waals surface area contributed by atoms with Gasteiger partial charge < -0.3 is 9.31 Å². The molecule has 4 bridgehead atoms. The van der Waals surface area contributed by atoms with Gasteiger partial charge in [0.15, 0.2) is 17.9 Å². The Labute approximate surface area is 324 Å². The van der Waals surface area contributed by atoms with Crippen molar-refractivity contribution >= 4 is 12.6 Å². The summed E-state index contributed by atoms with van der Waals surface area (Å²) in [5.74, 6) is 3.34. The van der Waals surface area contributed by atoms with Crippen LogP contribution in [0, 0.1) is 6.92 Å². The molecule has 6 aliphatic carbocycles. The minimum Gasteiger partial charge on any atom is -0.402 e. The number of hydrogen-bond acceptors (Lipinski definition) is 2. The Morgan fingerprint density at radius 1 is 0.722 bits per heavy atom. The summed E-state index contributed by atoms with van der Waals surface area (Å²) in [7, 11) is -0.344. The number of pyridine rings is 2. The van der Waals surface area contributed by atoms with Gasteiger partial charge in [-0.3, -0.25) is 0 Å². The van der Waals surface area contributed by atoms with Crippen molar-refractivity contribution in [3.05, 3.63) is 100 Å². The first-order valence-electron chi connectivity index (χ1n) is 21.9. The first-order valence-corrected chi connectivity index (χ1v) is 21.9. The first-order chi connectivity index (χ1) is 26.2. The van der Waals surface area contributed by atoms with Gasteiger partial charge in [-0.25, -0.2) is 0 Å². The minimum absolute atomic E-state index is 0.00553. The number of fused-ring (bicyclic) bond motifs is 8. The van der Waals surface area contributed by atoms with Gasteiger partial charge in [-0.05, 0) is 154 Å². The highest BCUT2D eigenvalue weighted by Crippen LogP contribution is 2.52. The standard InChI is InChI=1S/C49H61BN2O2/c1-7-49(8-2)45(38-22-21-37(50-53-32(4)48(5,6)54-50)27-43(38)46-14-9-10-24-52(46)49)23-25-51-30-44-34-13-11-12-33(15-16-34)42(44)29-47(51)39-28-41-36-19-17-35(18-20-36)40(41)26-31(39)3/h9-10,14,21-22,24,26-30,32-36,45H,7-8,11-13,15-20,23,25H2,1-6H3/q+2. The van der Waals surface area contributed by atoms with Gasteiger partial charge in [0.2, 0.25) is 11.4 Å². The lowest BCUT2D eigenvalue weighted by Crippen LogP contribution is -2.62. The summed E-state index contributed by atoms with van der Waals surface area (Å²) in [4.78, 5) is 0. The molecule has 8 aliphatic rings. The molecule has 2 saturated carbocycles. The quantitative estimate of drug-likeness (QED) is 0.140. The van der Waals surface area contributed by atoms with Crippen LogP contribution in [0.2, 0.25) is 0 Å². The van der Waals surface area contributed by atoms with Crippen LogP contribution in [0.4, 0.5) is 0 Å². The highest BCUT2D eigenvalue weighted by atomic mass is 16.7.